The van der Waals surface area contributed by atoms with Crippen LogP contribution in [0.5, 0.6) is 0 Å². The fourth-order valence-corrected chi connectivity index (χ4v) is 3.38. The minimum absolute atomic E-state index is 0.121. The highest BCUT2D eigenvalue weighted by molar-refractivity contribution is 7.89. The van der Waals surface area contributed by atoms with Crippen molar-refractivity contribution in [3.63, 3.8) is 0 Å². The van der Waals surface area contributed by atoms with E-state index in [-0.39, 0.29) is 6.54 Å². The van der Waals surface area contributed by atoms with Crippen molar-refractivity contribution in [2.24, 2.45) is 0 Å². The quantitative estimate of drug-likeness (QED) is 0.758. The number of sulfonamides is 1. The number of halogens is 2. The van der Waals surface area contributed by atoms with Crippen molar-refractivity contribution in [1.82, 2.24) is 14.7 Å². The first kappa shape index (κ1) is 17.1. The molecular weight excluding hydrogens is 348 g/mol. The largest absolute Gasteiger partial charge is 0.265 e. The summed E-state index contributed by atoms with van der Waals surface area (Å²) < 4.78 is 53.8. The fourth-order valence-electron chi connectivity index (χ4n) is 2.28. The molecule has 0 aliphatic heterocycles. The van der Waals surface area contributed by atoms with Gasteiger partial charge < -0.3 is 0 Å². The van der Waals surface area contributed by atoms with Gasteiger partial charge in [-0.3, -0.25) is 9.97 Å². The van der Waals surface area contributed by atoms with E-state index in [9.17, 15) is 17.2 Å². The molecule has 0 aliphatic carbocycles. The summed E-state index contributed by atoms with van der Waals surface area (Å²) in [6, 6.07) is 9.13. The van der Waals surface area contributed by atoms with Gasteiger partial charge in [-0.1, -0.05) is 6.07 Å². The summed E-state index contributed by atoms with van der Waals surface area (Å²) in [5, 5.41) is 0. The smallest absolute Gasteiger partial charge is 0.243 e. The standard InChI is InChI=1S/C17H13F2N3O2S/c18-14-3-4-15(19)16(10-14)25(23,24)22-11-13-2-1-7-21-17(13)12-5-8-20-9-6-12/h1-10,22H,11H2. The van der Waals surface area contributed by atoms with E-state index in [4.69, 9.17) is 0 Å². The molecule has 0 saturated carbocycles. The summed E-state index contributed by atoms with van der Waals surface area (Å²) >= 11 is 0. The van der Waals surface area contributed by atoms with Crippen LogP contribution in [0, 0.1) is 11.6 Å². The van der Waals surface area contributed by atoms with Crippen LogP contribution in [0.1, 0.15) is 5.56 Å². The molecule has 0 spiro atoms. The molecule has 3 aromatic rings. The molecule has 0 aliphatic rings. The molecule has 5 nitrogen and oxygen atoms in total. The lowest BCUT2D eigenvalue weighted by molar-refractivity contribution is 0.545. The van der Waals surface area contributed by atoms with Gasteiger partial charge in [-0.15, -0.1) is 0 Å². The first-order valence-corrected chi connectivity index (χ1v) is 8.75. The zero-order chi connectivity index (χ0) is 17.9. The second-order valence-electron chi connectivity index (χ2n) is 5.15. The Hall–Kier alpha value is -2.71. The van der Waals surface area contributed by atoms with Crippen molar-refractivity contribution in [2.75, 3.05) is 0 Å². The highest BCUT2D eigenvalue weighted by atomic mass is 32.2. The van der Waals surface area contributed by atoms with E-state index in [1.807, 2.05) is 0 Å². The van der Waals surface area contributed by atoms with Crippen molar-refractivity contribution in [2.45, 2.75) is 11.4 Å². The van der Waals surface area contributed by atoms with Crippen LogP contribution in [-0.4, -0.2) is 18.4 Å². The van der Waals surface area contributed by atoms with Crippen molar-refractivity contribution in [3.8, 4) is 11.3 Å². The molecule has 2 aromatic heterocycles. The van der Waals surface area contributed by atoms with Gasteiger partial charge in [-0.25, -0.2) is 21.9 Å². The third-order valence-corrected chi connectivity index (χ3v) is 4.90. The molecule has 0 atom stereocenters. The maximum absolute atomic E-state index is 13.7. The van der Waals surface area contributed by atoms with Gasteiger partial charge in [-0.05, 0) is 42.0 Å². The fraction of sp³-hybridized carbons (Fsp3) is 0.0588. The predicted molar refractivity (Wildman–Crippen MR) is 87.9 cm³/mol. The molecule has 3 rings (SSSR count). The predicted octanol–water partition coefficient (Wildman–Crippen LogP) is 2.90. The van der Waals surface area contributed by atoms with E-state index in [1.54, 1.807) is 42.9 Å². The summed E-state index contributed by atoms with van der Waals surface area (Å²) in [6.45, 7) is -0.121. The van der Waals surface area contributed by atoms with Crippen LogP contribution >= 0.6 is 0 Å². The number of nitrogens with one attached hydrogen (secondary N) is 1. The molecule has 0 saturated heterocycles. The summed E-state index contributed by atoms with van der Waals surface area (Å²) in [6.07, 6.45) is 4.78. The van der Waals surface area contributed by atoms with Gasteiger partial charge in [0.1, 0.15) is 16.5 Å². The summed E-state index contributed by atoms with van der Waals surface area (Å²) in [4.78, 5) is 7.45. The number of hydrogen-bond acceptors (Lipinski definition) is 4. The van der Waals surface area contributed by atoms with Gasteiger partial charge in [0.15, 0.2) is 0 Å². The molecule has 0 radical (unpaired) electrons. The van der Waals surface area contributed by atoms with Crippen LogP contribution in [0.2, 0.25) is 0 Å². The average Bonchev–Trinajstić information content (AvgIpc) is 2.63. The van der Waals surface area contributed by atoms with Crippen molar-refractivity contribution < 1.29 is 17.2 Å². The van der Waals surface area contributed by atoms with E-state index in [0.717, 1.165) is 17.7 Å². The Bertz CT molecular complexity index is 996. The normalized spacial score (nSPS) is 11.4. The number of aromatic nitrogens is 2. The number of rotatable bonds is 5. The SMILES string of the molecule is O=S(=O)(NCc1cccnc1-c1ccncc1)c1cc(F)ccc1F. The van der Waals surface area contributed by atoms with E-state index >= 15 is 0 Å². The Balaban J connectivity index is 1.88. The van der Waals surface area contributed by atoms with E-state index < -0.39 is 26.6 Å². The van der Waals surface area contributed by atoms with Gasteiger partial charge in [0.25, 0.3) is 0 Å². The first-order chi connectivity index (χ1) is 12.0. The Morgan fingerprint density at radius 1 is 1.00 bits per heavy atom. The Labute approximate surface area is 143 Å². The third kappa shape index (κ3) is 3.86. The second kappa shape index (κ2) is 7.04. The zero-order valence-corrected chi connectivity index (χ0v) is 13.7. The van der Waals surface area contributed by atoms with Gasteiger partial charge >= 0.3 is 0 Å². The van der Waals surface area contributed by atoms with Gasteiger partial charge in [0.2, 0.25) is 10.0 Å². The van der Waals surface area contributed by atoms with Crippen LogP contribution in [0.15, 0.2) is 66.0 Å². The molecule has 1 aromatic carbocycles. The van der Waals surface area contributed by atoms with Crippen LogP contribution in [0.25, 0.3) is 11.3 Å². The summed E-state index contributed by atoms with van der Waals surface area (Å²) in [7, 11) is -4.22. The minimum Gasteiger partial charge on any atom is -0.265 e. The lowest BCUT2D eigenvalue weighted by Gasteiger charge is -2.11. The first-order valence-electron chi connectivity index (χ1n) is 7.26. The molecule has 128 valence electrons. The van der Waals surface area contributed by atoms with Crippen molar-refractivity contribution >= 4 is 10.0 Å². The lowest BCUT2D eigenvalue weighted by Crippen LogP contribution is -2.24. The Morgan fingerprint density at radius 2 is 1.76 bits per heavy atom. The van der Waals surface area contributed by atoms with E-state index in [0.29, 0.717) is 17.3 Å². The van der Waals surface area contributed by atoms with Crippen LogP contribution < -0.4 is 4.72 Å². The Kier molecular flexibility index (Phi) is 4.82. The molecule has 0 unspecified atom stereocenters. The number of benzene rings is 1. The molecule has 2 heterocycles. The highest BCUT2D eigenvalue weighted by Gasteiger charge is 2.20. The summed E-state index contributed by atoms with van der Waals surface area (Å²) in [5.74, 6) is -1.85. The Morgan fingerprint density at radius 3 is 2.52 bits per heavy atom. The topological polar surface area (TPSA) is 72.0 Å². The number of hydrogen-bond donors (Lipinski definition) is 1. The van der Waals surface area contributed by atoms with Crippen LogP contribution in [0.3, 0.4) is 0 Å². The average molecular weight is 361 g/mol. The monoisotopic (exact) mass is 361 g/mol. The van der Waals surface area contributed by atoms with Crippen molar-refractivity contribution in [3.05, 3.63) is 78.3 Å². The minimum atomic E-state index is -4.22. The van der Waals surface area contributed by atoms with Gasteiger partial charge in [0, 0.05) is 30.7 Å². The zero-order valence-electron chi connectivity index (χ0n) is 12.9. The molecule has 0 bridgehead atoms. The third-order valence-electron chi connectivity index (χ3n) is 3.48. The maximum Gasteiger partial charge on any atom is 0.243 e. The molecular formula is C17H13F2N3O2S. The van der Waals surface area contributed by atoms with Crippen LogP contribution in [0.4, 0.5) is 8.78 Å². The van der Waals surface area contributed by atoms with E-state index in [2.05, 4.69) is 14.7 Å². The molecule has 8 heteroatoms. The van der Waals surface area contributed by atoms with Gasteiger partial charge in [0.05, 0.1) is 5.69 Å². The molecule has 0 amide bonds. The van der Waals surface area contributed by atoms with Crippen LogP contribution in [-0.2, 0) is 16.6 Å². The molecule has 0 fully saturated rings. The maximum atomic E-state index is 13.7. The summed E-state index contributed by atoms with van der Waals surface area (Å²) in [5.41, 5.74) is 1.93. The molecule has 25 heavy (non-hydrogen) atoms. The lowest BCUT2D eigenvalue weighted by atomic mass is 10.1. The molecule has 1 N–H and O–H groups in total. The van der Waals surface area contributed by atoms with E-state index in [1.165, 1.54) is 0 Å². The van der Waals surface area contributed by atoms with Crippen molar-refractivity contribution in [1.29, 1.82) is 0 Å². The number of pyridine rings is 2. The second-order valence-corrected chi connectivity index (χ2v) is 6.88. The number of nitrogens with zero attached hydrogens (tertiary/aromatic N) is 2. The highest BCUT2D eigenvalue weighted by Crippen LogP contribution is 2.21. The van der Waals surface area contributed by atoms with Gasteiger partial charge in [-0.2, -0.15) is 0 Å².